The lowest BCUT2D eigenvalue weighted by Gasteiger charge is -2.72. The Kier molecular flexibility index (Phi) is 11.4. The van der Waals surface area contributed by atoms with Crippen molar-refractivity contribution in [2.24, 2.45) is 67.8 Å². The minimum Gasteiger partial charge on any atom is -0.464 e. The zero-order valence-corrected chi connectivity index (χ0v) is 37.6. The van der Waals surface area contributed by atoms with Crippen LogP contribution in [0.2, 0.25) is 0 Å². The molecule has 0 aliphatic heterocycles. The number of carbonyl (C=O) groups excluding carboxylic acids is 5. The number of ether oxygens (including phenoxy) is 2. The summed E-state index contributed by atoms with van der Waals surface area (Å²) in [7, 11) is 0. The van der Waals surface area contributed by atoms with Gasteiger partial charge < -0.3 is 20.5 Å². The summed E-state index contributed by atoms with van der Waals surface area (Å²) in [4.78, 5) is 66.0. The lowest BCUT2D eigenvalue weighted by molar-refractivity contribution is -0.236. The molecule has 0 spiro atoms. The van der Waals surface area contributed by atoms with Gasteiger partial charge in [-0.25, -0.2) is 0 Å². The van der Waals surface area contributed by atoms with E-state index < -0.39 is 21.9 Å². The van der Waals surface area contributed by atoms with Gasteiger partial charge in [-0.15, -0.1) is 12.4 Å². The quantitative estimate of drug-likeness (QED) is 0.166. The molecular weight excluding hydrogens is 728 g/mol. The van der Waals surface area contributed by atoms with Crippen molar-refractivity contribution in [3.63, 3.8) is 0 Å². The van der Waals surface area contributed by atoms with Gasteiger partial charge in [-0.2, -0.15) is 0 Å². The van der Waals surface area contributed by atoms with Gasteiger partial charge in [0.05, 0.1) is 22.4 Å². The molecule has 0 aromatic rings. The van der Waals surface area contributed by atoms with Crippen LogP contribution >= 0.6 is 12.4 Å². The van der Waals surface area contributed by atoms with Gasteiger partial charge in [0.1, 0.15) is 12.2 Å². The first-order valence-corrected chi connectivity index (χ1v) is 21.4. The normalized spacial score (nSPS) is 39.8. The van der Waals surface area contributed by atoms with Gasteiger partial charge in [-0.05, 0) is 123 Å². The van der Waals surface area contributed by atoms with Crippen molar-refractivity contribution in [1.29, 1.82) is 0 Å². The van der Waals surface area contributed by atoms with E-state index in [2.05, 4.69) is 53.8 Å². The van der Waals surface area contributed by atoms with E-state index in [-0.39, 0.29) is 100 Å². The number of fused-ring (bicyclic) bond motifs is 7. The van der Waals surface area contributed by atoms with Crippen LogP contribution in [-0.4, -0.2) is 53.2 Å². The fraction of sp³-hybridized carbons (Fsp3) is 0.848. The molecule has 316 valence electrons. The van der Waals surface area contributed by atoms with E-state index in [9.17, 15) is 24.0 Å². The molecule has 0 bridgehead atoms. The Morgan fingerprint density at radius 3 is 2.07 bits per heavy atom. The van der Waals surface area contributed by atoms with E-state index in [1.54, 1.807) is 13.8 Å². The molecule has 0 unspecified atom stereocenters. The second kappa shape index (κ2) is 14.2. The molecule has 10 heteroatoms. The van der Waals surface area contributed by atoms with Gasteiger partial charge in [0.15, 0.2) is 11.6 Å². The van der Waals surface area contributed by atoms with Gasteiger partial charge in [0, 0.05) is 23.7 Å². The molecule has 5 saturated carbocycles. The number of ketones is 2. The third-order valence-corrected chi connectivity index (χ3v) is 17.6. The number of halogens is 1. The van der Waals surface area contributed by atoms with Crippen LogP contribution in [-0.2, 0) is 33.4 Å². The summed E-state index contributed by atoms with van der Waals surface area (Å²) < 4.78 is 11.7. The number of amides is 1. The lowest BCUT2D eigenvalue weighted by atomic mass is 9.33. The highest BCUT2D eigenvalue weighted by molar-refractivity contribution is 6.03. The van der Waals surface area contributed by atoms with Crippen molar-refractivity contribution in [2.75, 3.05) is 0 Å². The van der Waals surface area contributed by atoms with Crippen molar-refractivity contribution >= 4 is 42.3 Å². The largest absolute Gasteiger partial charge is 0.464 e. The van der Waals surface area contributed by atoms with Crippen LogP contribution in [0.1, 0.15) is 161 Å². The van der Waals surface area contributed by atoms with Gasteiger partial charge in [-0.3, -0.25) is 24.0 Å². The van der Waals surface area contributed by atoms with Crippen LogP contribution in [0.4, 0.5) is 0 Å². The first-order chi connectivity index (χ1) is 25.1. The maximum Gasteiger partial charge on any atom is 0.310 e. The van der Waals surface area contributed by atoms with Crippen LogP contribution < -0.4 is 11.1 Å². The summed E-state index contributed by atoms with van der Waals surface area (Å²) in [6.07, 6.45) is 7.98. The minimum atomic E-state index is -1.03. The van der Waals surface area contributed by atoms with Crippen molar-refractivity contribution in [3.05, 3.63) is 11.1 Å². The number of nitrogens with two attached hydrogens (primary N) is 1. The molecule has 5 fully saturated rings. The summed E-state index contributed by atoms with van der Waals surface area (Å²) in [5.41, 5.74) is 4.83. The zero-order valence-electron chi connectivity index (χ0n) is 36.7. The summed E-state index contributed by atoms with van der Waals surface area (Å²) in [6, 6.07) is 0. The number of esters is 1. The minimum absolute atomic E-state index is 0. The third kappa shape index (κ3) is 6.54. The molecule has 56 heavy (non-hydrogen) atoms. The second-order valence-corrected chi connectivity index (χ2v) is 22.6. The monoisotopic (exact) mass is 801 g/mol. The van der Waals surface area contributed by atoms with Crippen molar-refractivity contribution < 1.29 is 33.4 Å². The Bertz CT molecular complexity index is 1670. The fourth-order valence-electron chi connectivity index (χ4n) is 13.8. The van der Waals surface area contributed by atoms with Gasteiger partial charge >= 0.3 is 5.97 Å². The predicted octanol–water partition coefficient (Wildman–Crippen LogP) is 8.48. The molecule has 0 aromatic heterocycles. The van der Waals surface area contributed by atoms with E-state index in [0.717, 1.165) is 50.5 Å². The summed E-state index contributed by atoms with van der Waals surface area (Å²) >= 11 is 0. The molecule has 6 aliphatic carbocycles. The molecule has 9 nitrogen and oxygen atoms in total. The highest BCUT2D eigenvalue weighted by atomic mass is 35.5. The summed E-state index contributed by atoms with van der Waals surface area (Å²) in [5.74, 6) is 0.424. The Balaban J connectivity index is 0.00000600. The van der Waals surface area contributed by atoms with Crippen molar-refractivity contribution in [1.82, 2.24) is 5.32 Å². The Morgan fingerprint density at radius 2 is 1.50 bits per heavy atom. The van der Waals surface area contributed by atoms with E-state index in [1.165, 1.54) is 5.57 Å². The average molecular weight is 802 g/mol. The average Bonchev–Trinajstić information content (AvgIpc) is 3.35. The number of rotatable bonds is 10. The number of carbonyl (C=O) groups is 5. The van der Waals surface area contributed by atoms with E-state index in [1.807, 2.05) is 27.7 Å². The van der Waals surface area contributed by atoms with E-state index in [4.69, 9.17) is 15.2 Å². The second-order valence-electron chi connectivity index (χ2n) is 22.6. The first kappa shape index (κ1) is 44.8. The van der Waals surface area contributed by atoms with Gasteiger partial charge in [0.2, 0.25) is 5.91 Å². The van der Waals surface area contributed by atoms with Crippen molar-refractivity contribution in [3.8, 4) is 0 Å². The Morgan fingerprint density at radius 1 is 0.857 bits per heavy atom. The molecule has 6 aliphatic rings. The molecule has 1 amide bonds. The smallest absolute Gasteiger partial charge is 0.310 e. The number of nitrogens with one attached hydrogen (secondary N) is 1. The first-order valence-electron chi connectivity index (χ1n) is 21.4. The molecule has 10 atom stereocenters. The number of allylic oxidation sites excluding steroid dienone is 1. The molecule has 6 rings (SSSR count). The highest BCUT2D eigenvalue weighted by Gasteiger charge is 2.70. The van der Waals surface area contributed by atoms with Crippen LogP contribution in [0.25, 0.3) is 0 Å². The van der Waals surface area contributed by atoms with Crippen LogP contribution in [0.15, 0.2) is 11.1 Å². The highest BCUT2D eigenvalue weighted by Crippen LogP contribution is 2.76. The number of Topliss-reactive ketones (excluding diaryl/α,β-unsaturated/α-hetero) is 2. The molecule has 0 saturated heterocycles. The maximum absolute atomic E-state index is 14.2. The van der Waals surface area contributed by atoms with Gasteiger partial charge in [0.25, 0.3) is 6.47 Å². The molecule has 0 heterocycles. The Labute approximate surface area is 343 Å². The zero-order chi connectivity index (χ0) is 41.1. The fourth-order valence-corrected chi connectivity index (χ4v) is 13.8. The third-order valence-electron chi connectivity index (χ3n) is 17.6. The standard InChI is InChI=1S/C46H72N2O7.ClH/c1-26(2)35-29(50)23-46(48-38(53)39(3,4)24-32(51)42(9,10)47)21-20-44(12)27(36(35)46)14-15-31-43(11)18-17-33(41(7,8)30(43)16-19-45(31,44)13)55-37(52)28-22-34(54-25-49)40(28,5)6;/h25-28,30-31,33-34H,14-24,47H2,1-13H3,(H,48,53);1H/t27-,28-,30+,31-,33+,34-,43+,44-,45-,46-;/m1./s1. The topological polar surface area (TPSA) is 142 Å². The predicted molar refractivity (Wildman–Crippen MR) is 219 cm³/mol. The van der Waals surface area contributed by atoms with Crippen molar-refractivity contribution in [2.45, 2.75) is 184 Å². The van der Waals surface area contributed by atoms with Crippen LogP contribution in [0, 0.1) is 62.1 Å². The maximum atomic E-state index is 14.2. The molecule has 0 aromatic carbocycles. The van der Waals surface area contributed by atoms with E-state index in [0.29, 0.717) is 31.1 Å². The number of hydrogen-bond donors (Lipinski definition) is 2. The number of hydrogen-bond acceptors (Lipinski definition) is 8. The van der Waals surface area contributed by atoms with Crippen LogP contribution in [0.3, 0.4) is 0 Å². The van der Waals surface area contributed by atoms with Crippen LogP contribution in [0.5, 0.6) is 0 Å². The molecular formula is C46H73ClN2O7. The summed E-state index contributed by atoms with van der Waals surface area (Å²) in [6.45, 7) is 27.9. The SMILES string of the molecule is CC(C)C1=C2[C@H]3CC[C@@H]4[C@@]5(C)CC[C@H](OC(=O)[C@H]6C[C@@H](OC=O)C6(C)C)C(C)(C)[C@@H]5CC[C@@]4(C)[C@]3(C)CC[C@@]2(NC(=O)C(C)(C)CC(=O)C(C)(C)N)CC1=O.Cl. The Hall–Kier alpha value is -2.26. The molecule has 0 radical (unpaired) electrons. The molecule has 3 N–H and O–H groups in total. The van der Waals surface area contributed by atoms with Gasteiger partial charge in [-0.1, -0.05) is 76.2 Å². The van der Waals surface area contributed by atoms with E-state index >= 15 is 0 Å². The lowest BCUT2D eigenvalue weighted by Crippen LogP contribution is -2.67. The summed E-state index contributed by atoms with van der Waals surface area (Å²) in [5, 5.41) is 3.48.